The summed E-state index contributed by atoms with van der Waals surface area (Å²) in [5.74, 6) is -0.299. The van der Waals surface area contributed by atoms with E-state index in [9.17, 15) is 4.79 Å². The predicted molar refractivity (Wildman–Crippen MR) is 59.3 cm³/mol. The number of aromatic nitrogens is 3. The third-order valence-electron chi connectivity index (χ3n) is 1.93. The Kier molecular flexibility index (Phi) is 2.49. The fraction of sp³-hybridized carbons (Fsp3) is 0. The molecule has 0 bridgehead atoms. The standard InChI is InChI=1S/C9H8ClN5O/c10-5-2-1-3-13-9(5)15-4-6(11)7(14-15)8(12)16/h1-4H,11H2,(H2,12,16). The van der Waals surface area contributed by atoms with Crippen LogP contribution in [0.25, 0.3) is 5.82 Å². The van der Waals surface area contributed by atoms with Gasteiger partial charge in [0.2, 0.25) is 0 Å². The van der Waals surface area contributed by atoms with Gasteiger partial charge in [0.05, 0.1) is 16.9 Å². The van der Waals surface area contributed by atoms with Gasteiger partial charge >= 0.3 is 0 Å². The van der Waals surface area contributed by atoms with E-state index >= 15 is 0 Å². The molecule has 0 aliphatic heterocycles. The third kappa shape index (κ3) is 1.70. The molecule has 0 atom stereocenters. The van der Waals surface area contributed by atoms with Crippen LogP contribution in [-0.4, -0.2) is 20.7 Å². The van der Waals surface area contributed by atoms with E-state index in [1.54, 1.807) is 18.3 Å². The van der Waals surface area contributed by atoms with Crippen LogP contribution in [0.2, 0.25) is 5.02 Å². The van der Waals surface area contributed by atoms with Gasteiger partial charge in [-0.15, -0.1) is 0 Å². The lowest BCUT2D eigenvalue weighted by Crippen LogP contribution is -2.14. The molecule has 0 saturated heterocycles. The van der Waals surface area contributed by atoms with Crippen molar-refractivity contribution in [3.8, 4) is 5.82 Å². The highest BCUT2D eigenvalue weighted by Crippen LogP contribution is 2.18. The van der Waals surface area contributed by atoms with E-state index < -0.39 is 5.91 Å². The lowest BCUT2D eigenvalue weighted by Gasteiger charge is -2.00. The second kappa shape index (κ2) is 3.82. The van der Waals surface area contributed by atoms with Crippen molar-refractivity contribution in [1.82, 2.24) is 14.8 Å². The Morgan fingerprint density at radius 2 is 2.25 bits per heavy atom. The van der Waals surface area contributed by atoms with Gasteiger partial charge in [-0.05, 0) is 12.1 Å². The van der Waals surface area contributed by atoms with Gasteiger partial charge < -0.3 is 11.5 Å². The molecule has 0 saturated carbocycles. The summed E-state index contributed by atoms with van der Waals surface area (Å²) in [6.45, 7) is 0. The van der Waals surface area contributed by atoms with Crippen LogP contribution in [0.15, 0.2) is 24.5 Å². The predicted octanol–water partition coefficient (Wildman–Crippen LogP) is 0.602. The van der Waals surface area contributed by atoms with E-state index in [1.165, 1.54) is 10.9 Å². The SMILES string of the molecule is NC(=O)c1nn(-c2ncccc2Cl)cc1N. The zero-order valence-corrected chi connectivity index (χ0v) is 8.85. The van der Waals surface area contributed by atoms with Crippen molar-refractivity contribution >= 4 is 23.2 Å². The van der Waals surface area contributed by atoms with Crippen molar-refractivity contribution in [1.29, 1.82) is 0 Å². The minimum Gasteiger partial charge on any atom is -0.396 e. The molecule has 0 aromatic carbocycles. The Morgan fingerprint density at radius 1 is 1.50 bits per heavy atom. The van der Waals surface area contributed by atoms with Crippen LogP contribution in [0.4, 0.5) is 5.69 Å². The van der Waals surface area contributed by atoms with Crippen LogP contribution in [0.5, 0.6) is 0 Å². The minimum absolute atomic E-state index is 0.00159. The number of amides is 1. The molecule has 6 nitrogen and oxygen atoms in total. The highest BCUT2D eigenvalue weighted by atomic mass is 35.5. The number of carbonyl (C=O) groups is 1. The van der Waals surface area contributed by atoms with E-state index in [1.807, 2.05) is 0 Å². The number of halogens is 1. The number of anilines is 1. The smallest absolute Gasteiger partial charge is 0.271 e. The van der Waals surface area contributed by atoms with Crippen molar-refractivity contribution in [2.24, 2.45) is 5.73 Å². The summed E-state index contributed by atoms with van der Waals surface area (Å²) in [5.41, 5.74) is 10.9. The summed E-state index contributed by atoms with van der Waals surface area (Å²) in [6.07, 6.45) is 3.00. The quantitative estimate of drug-likeness (QED) is 0.799. The highest BCUT2D eigenvalue weighted by molar-refractivity contribution is 6.32. The average Bonchev–Trinajstić information content (AvgIpc) is 2.61. The fourth-order valence-corrected chi connectivity index (χ4v) is 1.44. The number of carbonyl (C=O) groups excluding carboxylic acids is 1. The molecule has 2 heterocycles. The lowest BCUT2D eigenvalue weighted by atomic mass is 10.4. The van der Waals surface area contributed by atoms with Gasteiger partial charge in [0.1, 0.15) is 0 Å². The van der Waals surface area contributed by atoms with E-state index in [2.05, 4.69) is 10.1 Å². The van der Waals surface area contributed by atoms with Gasteiger partial charge in [0.15, 0.2) is 11.5 Å². The first-order valence-electron chi connectivity index (χ1n) is 4.35. The molecular formula is C9H8ClN5O. The molecular weight excluding hydrogens is 230 g/mol. The first kappa shape index (κ1) is 10.4. The number of hydrogen-bond acceptors (Lipinski definition) is 4. The molecule has 0 unspecified atom stereocenters. The summed E-state index contributed by atoms with van der Waals surface area (Å²) >= 11 is 5.92. The lowest BCUT2D eigenvalue weighted by molar-refractivity contribution is 0.0996. The maximum Gasteiger partial charge on any atom is 0.271 e. The van der Waals surface area contributed by atoms with Crippen molar-refractivity contribution < 1.29 is 4.79 Å². The maximum absolute atomic E-state index is 11.0. The fourth-order valence-electron chi connectivity index (χ4n) is 1.23. The van der Waals surface area contributed by atoms with Crippen LogP contribution < -0.4 is 11.5 Å². The Balaban J connectivity index is 2.54. The van der Waals surface area contributed by atoms with Crippen LogP contribution in [-0.2, 0) is 0 Å². The molecule has 0 aliphatic rings. The Bertz CT molecular complexity index is 551. The maximum atomic E-state index is 11.0. The molecule has 2 aromatic rings. The number of hydrogen-bond donors (Lipinski definition) is 2. The van der Waals surface area contributed by atoms with Gasteiger partial charge in [0, 0.05) is 6.20 Å². The van der Waals surface area contributed by atoms with Gasteiger partial charge in [-0.3, -0.25) is 4.79 Å². The van der Waals surface area contributed by atoms with Crippen LogP contribution in [0.3, 0.4) is 0 Å². The molecule has 7 heteroatoms. The Hall–Kier alpha value is -2.08. The summed E-state index contributed by atoms with van der Waals surface area (Å²) in [5, 5.41) is 4.31. The Labute approximate surface area is 95.8 Å². The molecule has 0 radical (unpaired) electrons. The van der Waals surface area contributed by atoms with E-state index in [0.717, 1.165) is 0 Å². The number of nitrogens with zero attached hydrogens (tertiary/aromatic N) is 3. The molecule has 2 rings (SSSR count). The van der Waals surface area contributed by atoms with Crippen molar-refractivity contribution in [2.45, 2.75) is 0 Å². The zero-order valence-electron chi connectivity index (χ0n) is 8.09. The average molecular weight is 238 g/mol. The number of pyridine rings is 1. The first-order chi connectivity index (χ1) is 7.59. The van der Waals surface area contributed by atoms with E-state index in [-0.39, 0.29) is 11.4 Å². The molecule has 2 aromatic heterocycles. The summed E-state index contributed by atoms with van der Waals surface area (Å²) in [6, 6.07) is 3.35. The van der Waals surface area contributed by atoms with Crippen molar-refractivity contribution in [3.05, 3.63) is 35.2 Å². The number of rotatable bonds is 2. The normalized spacial score (nSPS) is 10.3. The number of nitrogen functional groups attached to an aromatic ring is 1. The monoisotopic (exact) mass is 237 g/mol. The second-order valence-corrected chi connectivity index (χ2v) is 3.46. The third-order valence-corrected chi connectivity index (χ3v) is 2.23. The van der Waals surface area contributed by atoms with Crippen LogP contribution in [0, 0.1) is 0 Å². The highest BCUT2D eigenvalue weighted by Gasteiger charge is 2.13. The van der Waals surface area contributed by atoms with Gasteiger partial charge in [-0.1, -0.05) is 11.6 Å². The van der Waals surface area contributed by atoms with E-state index in [0.29, 0.717) is 10.8 Å². The molecule has 0 fully saturated rings. The Morgan fingerprint density at radius 3 is 2.81 bits per heavy atom. The first-order valence-corrected chi connectivity index (χ1v) is 4.73. The van der Waals surface area contributed by atoms with Crippen LogP contribution >= 0.6 is 11.6 Å². The molecule has 0 spiro atoms. The number of primary amides is 1. The van der Waals surface area contributed by atoms with Gasteiger partial charge in [-0.2, -0.15) is 5.10 Å². The van der Waals surface area contributed by atoms with Crippen molar-refractivity contribution in [3.63, 3.8) is 0 Å². The number of nitrogens with two attached hydrogens (primary N) is 2. The molecule has 4 N–H and O–H groups in total. The zero-order chi connectivity index (χ0) is 11.7. The topological polar surface area (TPSA) is 99.8 Å². The van der Waals surface area contributed by atoms with Crippen LogP contribution in [0.1, 0.15) is 10.5 Å². The van der Waals surface area contributed by atoms with E-state index in [4.69, 9.17) is 23.1 Å². The molecule has 16 heavy (non-hydrogen) atoms. The molecule has 82 valence electrons. The van der Waals surface area contributed by atoms with Gasteiger partial charge in [0.25, 0.3) is 5.91 Å². The second-order valence-electron chi connectivity index (χ2n) is 3.05. The summed E-state index contributed by atoms with van der Waals surface area (Å²) < 4.78 is 1.32. The summed E-state index contributed by atoms with van der Waals surface area (Å²) in [7, 11) is 0. The largest absolute Gasteiger partial charge is 0.396 e. The van der Waals surface area contributed by atoms with Crippen molar-refractivity contribution in [2.75, 3.05) is 5.73 Å². The van der Waals surface area contributed by atoms with Gasteiger partial charge in [-0.25, -0.2) is 9.67 Å². The minimum atomic E-state index is -0.691. The molecule has 1 amide bonds. The summed E-state index contributed by atoms with van der Waals surface area (Å²) in [4.78, 5) is 15.0. The molecule has 0 aliphatic carbocycles.